The standard InChI is InChI=1S/C29H34N4O3.C2H6/c1-32(2)17-9-4-10-18-33-24-13-7-8-14-26(24)36-27(29(33)34)23-19-22(28(30)31)15-16-25(23)35-20-21-11-5-3-6-12-21;1-2/h3,5-8,11-16,19,27H,4,9-10,17-18,20H2,1-2H3,(H3,30,31);1-2H3. The minimum absolute atomic E-state index is 0.0766. The molecule has 1 amide bonds. The molecule has 0 saturated carbocycles. The number of nitrogens with zero attached hydrogens (tertiary/aromatic N) is 2. The lowest BCUT2D eigenvalue weighted by Gasteiger charge is -2.35. The summed E-state index contributed by atoms with van der Waals surface area (Å²) in [6.07, 6.45) is 2.10. The molecule has 0 saturated heterocycles. The second-order valence-electron chi connectivity index (χ2n) is 9.26. The van der Waals surface area contributed by atoms with E-state index in [0.29, 0.717) is 35.8 Å². The molecular weight excluding hydrogens is 476 g/mol. The van der Waals surface area contributed by atoms with Crippen LogP contribution >= 0.6 is 0 Å². The molecule has 4 rings (SSSR count). The Bertz CT molecular complexity index is 1200. The Labute approximate surface area is 226 Å². The van der Waals surface area contributed by atoms with Crippen LogP contribution < -0.4 is 20.1 Å². The molecule has 0 aliphatic carbocycles. The molecule has 1 atom stereocenters. The van der Waals surface area contributed by atoms with Crippen molar-refractivity contribution in [1.29, 1.82) is 5.41 Å². The Morgan fingerprint density at radius 3 is 2.42 bits per heavy atom. The van der Waals surface area contributed by atoms with Gasteiger partial charge in [0, 0.05) is 17.7 Å². The van der Waals surface area contributed by atoms with Crippen molar-refractivity contribution >= 4 is 17.4 Å². The Morgan fingerprint density at radius 1 is 1.00 bits per heavy atom. The first-order valence-corrected chi connectivity index (χ1v) is 13.3. The Balaban J connectivity index is 0.00000195. The average Bonchev–Trinajstić information content (AvgIpc) is 2.94. The molecule has 38 heavy (non-hydrogen) atoms. The highest BCUT2D eigenvalue weighted by atomic mass is 16.5. The summed E-state index contributed by atoms with van der Waals surface area (Å²) in [5.74, 6) is 0.962. The van der Waals surface area contributed by atoms with Crippen LogP contribution in [0.4, 0.5) is 5.69 Å². The first kappa shape index (κ1) is 28.7. The maximum Gasteiger partial charge on any atom is 0.273 e. The van der Waals surface area contributed by atoms with Gasteiger partial charge in [-0.1, -0.05) is 62.7 Å². The third-order valence-corrected chi connectivity index (χ3v) is 6.22. The molecule has 0 radical (unpaired) electrons. The van der Waals surface area contributed by atoms with E-state index < -0.39 is 6.10 Å². The molecule has 0 bridgehead atoms. The molecule has 7 heteroatoms. The van der Waals surface area contributed by atoms with E-state index in [9.17, 15) is 4.79 Å². The molecule has 0 aromatic heterocycles. The molecule has 0 fully saturated rings. The van der Waals surface area contributed by atoms with Gasteiger partial charge in [-0.15, -0.1) is 0 Å². The lowest BCUT2D eigenvalue weighted by molar-refractivity contribution is -0.126. The number of benzene rings is 3. The van der Waals surface area contributed by atoms with Crippen LogP contribution in [0, 0.1) is 5.41 Å². The molecule has 1 aliphatic rings. The van der Waals surface area contributed by atoms with Gasteiger partial charge in [-0.3, -0.25) is 10.2 Å². The van der Waals surface area contributed by atoms with E-state index in [2.05, 4.69) is 19.0 Å². The zero-order valence-corrected chi connectivity index (χ0v) is 22.9. The Kier molecular flexibility index (Phi) is 10.7. The van der Waals surface area contributed by atoms with Gasteiger partial charge in [0.2, 0.25) is 6.10 Å². The van der Waals surface area contributed by atoms with Crippen molar-refractivity contribution in [2.24, 2.45) is 5.73 Å². The molecule has 1 heterocycles. The number of amidine groups is 1. The predicted octanol–water partition coefficient (Wildman–Crippen LogP) is 5.77. The second-order valence-corrected chi connectivity index (χ2v) is 9.26. The summed E-state index contributed by atoms with van der Waals surface area (Å²) in [6.45, 7) is 5.98. The van der Waals surface area contributed by atoms with Crippen molar-refractivity contribution < 1.29 is 14.3 Å². The molecule has 0 spiro atoms. The number of ether oxygens (including phenoxy) is 2. The number of amides is 1. The smallest absolute Gasteiger partial charge is 0.273 e. The number of hydrogen-bond donors (Lipinski definition) is 2. The van der Waals surface area contributed by atoms with Gasteiger partial charge in [-0.05, 0) is 69.4 Å². The highest BCUT2D eigenvalue weighted by molar-refractivity contribution is 6.01. The molecular formula is C31H40N4O3. The number of nitrogens with one attached hydrogen (secondary N) is 1. The fourth-order valence-electron chi connectivity index (χ4n) is 4.31. The molecule has 7 nitrogen and oxygen atoms in total. The number of nitrogens with two attached hydrogens (primary N) is 1. The number of anilines is 1. The van der Waals surface area contributed by atoms with Gasteiger partial charge in [0.15, 0.2) is 0 Å². The monoisotopic (exact) mass is 516 g/mol. The highest BCUT2D eigenvalue weighted by Crippen LogP contribution is 2.41. The van der Waals surface area contributed by atoms with E-state index in [4.69, 9.17) is 20.6 Å². The van der Waals surface area contributed by atoms with Gasteiger partial charge in [-0.25, -0.2) is 0 Å². The number of para-hydroxylation sites is 2. The van der Waals surface area contributed by atoms with Crippen molar-refractivity contribution in [2.45, 2.75) is 45.8 Å². The first-order valence-electron chi connectivity index (χ1n) is 13.3. The van der Waals surface area contributed by atoms with Crippen LogP contribution in [-0.4, -0.2) is 43.8 Å². The van der Waals surface area contributed by atoms with E-state index >= 15 is 0 Å². The van der Waals surface area contributed by atoms with E-state index in [-0.39, 0.29) is 11.7 Å². The first-order chi connectivity index (χ1) is 18.4. The zero-order chi connectivity index (χ0) is 27.5. The van der Waals surface area contributed by atoms with Crippen LogP contribution in [-0.2, 0) is 11.4 Å². The molecule has 3 aromatic rings. The quantitative estimate of drug-likeness (QED) is 0.192. The lowest BCUT2D eigenvalue weighted by atomic mass is 10.0. The number of nitrogen functional groups attached to an aromatic ring is 1. The number of carbonyl (C=O) groups is 1. The number of rotatable bonds is 11. The SMILES string of the molecule is CC.CN(C)CCCCCN1C(=O)C(c2cc(C(=N)N)ccc2OCc2ccccc2)Oc2ccccc21. The van der Waals surface area contributed by atoms with Crippen LogP contribution in [0.1, 0.15) is 55.9 Å². The number of fused-ring (bicyclic) bond motifs is 1. The Morgan fingerprint density at radius 2 is 1.71 bits per heavy atom. The van der Waals surface area contributed by atoms with Crippen LogP contribution in [0.3, 0.4) is 0 Å². The summed E-state index contributed by atoms with van der Waals surface area (Å²) in [4.78, 5) is 17.8. The van der Waals surface area contributed by atoms with Crippen LogP contribution in [0.2, 0.25) is 0 Å². The summed E-state index contributed by atoms with van der Waals surface area (Å²) in [5.41, 5.74) is 8.66. The van der Waals surface area contributed by atoms with Gasteiger partial charge in [0.05, 0.1) is 5.69 Å². The normalized spacial score (nSPS) is 14.3. The summed E-state index contributed by atoms with van der Waals surface area (Å²) in [6, 6.07) is 22.7. The number of carbonyl (C=O) groups excluding carboxylic acids is 1. The van der Waals surface area contributed by atoms with Crippen molar-refractivity contribution in [3.63, 3.8) is 0 Å². The molecule has 202 valence electrons. The summed E-state index contributed by atoms with van der Waals surface area (Å²) >= 11 is 0. The fraction of sp³-hybridized carbons (Fsp3) is 0.355. The zero-order valence-electron chi connectivity index (χ0n) is 22.9. The summed E-state index contributed by atoms with van der Waals surface area (Å²) in [5, 5.41) is 7.92. The van der Waals surface area contributed by atoms with Crippen molar-refractivity contribution in [3.05, 3.63) is 89.5 Å². The van der Waals surface area contributed by atoms with Gasteiger partial charge in [-0.2, -0.15) is 0 Å². The average molecular weight is 517 g/mol. The second kappa shape index (κ2) is 14.2. The maximum atomic E-state index is 13.8. The van der Waals surface area contributed by atoms with Gasteiger partial charge >= 0.3 is 0 Å². The minimum Gasteiger partial charge on any atom is -0.488 e. The molecule has 3 N–H and O–H groups in total. The summed E-state index contributed by atoms with van der Waals surface area (Å²) in [7, 11) is 4.14. The largest absolute Gasteiger partial charge is 0.488 e. The van der Waals surface area contributed by atoms with Gasteiger partial charge < -0.3 is 25.0 Å². The van der Waals surface area contributed by atoms with E-state index in [1.807, 2.05) is 73.3 Å². The van der Waals surface area contributed by atoms with Crippen LogP contribution in [0.25, 0.3) is 0 Å². The van der Waals surface area contributed by atoms with Crippen LogP contribution in [0.15, 0.2) is 72.8 Å². The topological polar surface area (TPSA) is 91.9 Å². The molecule has 1 unspecified atom stereocenters. The number of unbranched alkanes of at least 4 members (excludes halogenated alkanes) is 2. The van der Waals surface area contributed by atoms with Crippen LogP contribution in [0.5, 0.6) is 11.5 Å². The minimum atomic E-state index is -0.897. The van der Waals surface area contributed by atoms with Crippen molar-refractivity contribution in [3.8, 4) is 11.5 Å². The fourth-order valence-corrected chi connectivity index (χ4v) is 4.31. The molecule has 1 aliphatic heterocycles. The van der Waals surface area contributed by atoms with Gasteiger partial charge in [0.25, 0.3) is 5.91 Å². The lowest BCUT2D eigenvalue weighted by Crippen LogP contribution is -2.42. The highest BCUT2D eigenvalue weighted by Gasteiger charge is 2.37. The third kappa shape index (κ3) is 7.35. The molecule has 3 aromatic carbocycles. The summed E-state index contributed by atoms with van der Waals surface area (Å²) < 4.78 is 12.4. The van der Waals surface area contributed by atoms with Crippen molar-refractivity contribution in [1.82, 2.24) is 4.90 Å². The predicted molar refractivity (Wildman–Crippen MR) is 154 cm³/mol. The number of hydrogen-bond acceptors (Lipinski definition) is 5. The van der Waals surface area contributed by atoms with E-state index in [1.165, 1.54) is 0 Å². The maximum absolute atomic E-state index is 13.8. The van der Waals surface area contributed by atoms with E-state index in [1.54, 1.807) is 18.2 Å². The van der Waals surface area contributed by atoms with Gasteiger partial charge in [0.1, 0.15) is 23.9 Å². The Hall–Kier alpha value is -3.84. The third-order valence-electron chi connectivity index (χ3n) is 6.22. The van der Waals surface area contributed by atoms with Crippen molar-refractivity contribution in [2.75, 3.05) is 32.1 Å². The van der Waals surface area contributed by atoms with E-state index in [0.717, 1.165) is 37.1 Å².